The second-order valence-electron chi connectivity index (χ2n) is 7.19. The Hall–Kier alpha value is -3.01. The van der Waals surface area contributed by atoms with E-state index in [0.29, 0.717) is 11.6 Å². The van der Waals surface area contributed by atoms with Gasteiger partial charge in [0, 0.05) is 6.04 Å². The van der Waals surface area contributed by atoms with E-state index in [2.05, 4.69) is 20.2 Å². The van der Waals surface area contributed by atoms with Crippen LogP contribution in [0, 0.1) is 0 Å². The average Bonchev–Trinajstić information content (AvgIpc) is 3.40. The summed E-state index contributed by atoms with van der Waals surface area (Å²) in [6.07, 6.45) is 0.604. The van der Waals surface area contributed by atoms with E-state index >= 15 is 0 Å². The van der Waals surface area contributed by atoms with Crippen molar-refractivity contribution in [2.75, 3.05) is 0 Å². The molecule has 4 aromatic rings. The van der Waals surface area contributed by atoms with Gasteiger partial charge in [0.15, 0.2) is 0 Å². The molecule has 1 aromatic heterocycles. The van der Waals surface area contributed by atoms with Gasteiger partial charge in [0.25, 0.3) is 0 Å². The number of rotatable bonds is 6. The van der Waals surface area contributed by atoms with Gasteiger partial charge in [-0.25, -0.2) is 13.1 Å². The van der Waals surface area contributed by atoms with E-state index < -0.39 is 10.0 Å². The van der Waals surface area contributed by atoms with Crippen LogP contribution >= 0.6 is 11.8 Å². The lowest BCUT2D eigenvalue weighted by Crippen LogP contribution is -2.37. The van der Waals surface area contributed by atoms with Crippen LogP contribution in [-0.4, -0.2) is 34.7 Å². The third-order valence-electron chi connectivity index (χ3n) is 5.20. The zero-order valence-electron chi connectivity index (χ0n) is 16.4. The molecule has 0 amide bonds. The summed E-state index contributed by atoms with van der Waals surface area (Å²) < 4.78 is 30.6. The first-order chi connectivity index (χ1) is 15.1. The van der Waals surface area contributed by atoms with Crippen molar-refractivity contribution in [1.29, 1.82) is 0 Å². The Bertz CT molecular complexity index is 1290. The van der Waals surface area contributed by atoms with Crippen LogP contribution in [0.3, 0.4) is 0 Å². The van der Waals surface area contributed by atoms with Crippen LogP contribution in [-0.2, 0) is 16.4 Å². The normalized spacial score (nSPS) is 18.1. The zero-order chi connectivity index (χ0) is 21.3. The Labute approximate surface area is 184 Å². The molecule has 1 heterocycles. The fourth-order valence-corrected chi connectivity index (χ4v) is 6.37. The highest BCUT2D eigenvalue weighted by molar-refractivity contribution is 7.99. The van der Waals surface area contributed by atoms with Crippen molar-refractivity contribution in [2.45, 2.75) is 27.8 Å². The second kappa shape index (κ2) is 8.26. The zero-order valence-corrected chi connectivity index (χ0v) is 18.0. The summed E-state index contributed by atoms with van der Waals surface area (Å²) in [5.74, 6) is 0. The predicted molar refractivity (Wildman–Crippen MR) is 118 cm³/mol. The minimum Gasteiger partial charge on any atom is -0.207 e. The number of fused-ring (bicyclic) bond motifs is 1. The van der Waals surface area contributed by atoms with E-state index in [0.717, 1.165) is 16.8 Å². The summed E-state index contributed by atoms with van der Waals surface area (Å²) in [7, 11) is -3.66. The maximum atomic E-state index is 13.0. The molecular weight excluding hydrogens is 430 g/mol. The van der Waals surface area contributed by atoms with Gasteiger partial charge in [-0.2, -0.15) is 4.68 Å². The van der Waals surface area contributed by atoms with Crippen LogP contribution in [0.4, 0.5) is 0 Å². The van der Waals surface area contributed by atoms with Crippen LogP contribution < -0.4 is 4.72 Å². The molecule has 0 saturated heterocycles. The standard InChI is InChI=1S/C22H19N5O2S2/c28-31(29,18-12-5-2-6-13-18)24-20-15-16-9-7-8-14-19(16)21(20)30-22-23-25-26-27(22)17-10-3-1-4-11-17/h1-14,20-21,24H,15H2/t20-,21-/m1/s1. The number of tetrazole rings is 1. The molecule has 0 bridgehead atoms. The van der Waals surface area contributed by atoms with Crippen molar-refractivity contribution in [2.24, 2.45) is 0 Å². The first-order valence-corrected chi connectivity index (χ1v) is 12.1. The number of nitrogens with one attached hydrogen (secondary N) is 1. The van der Waals surface area contributed by atoms with Crippen molar-refractivity contribution in [3.63, 3.8) is 0 Å². The molecule has 1 aliphatic rings. The molecule has 156 valence electrons. The summed E-state index contributed by atoms with van der Waals surface area (Å²) in [5, 5.41) is 12.6. The van der Waals surface area contributed by atoms with Gasteiger partial charge in [-0.1, -0.05) is 72.4 Å². The number of thioether (sulfide) groups is 1. The Morgan fingerprint density at radius 2 is 1.58 bits per heavy atom. The number of nitrogens with zero attached hydrogens (tertiary/aromatic N) is 4. The second-order valence-corrected chi connectivity index (χ2v) is 10.0. The van der Waals surface area contributed by atoms with Crippen LogP contribution in [0.2, 0.25) is 0 Å². The fourth-order valence-electron chi connectivity index (χ4n) is 3.77. The molecule has 3 aromatic carbocycles. The Balaban J connectivity index is 1.48. The lowest BCUT2D eigenvalue weighted by Gasteiger charge is -2.21. The van der Waals surface area contributed by atoms with E-state index in [1.165, 1.54) is 11.8 Å². The highest BCUT2D eigenvalue weighted by atomic mass is 32.2. The smallest absolute Gasteiger partial charge is 0.207 e. The molecule has 0 fully saturated rings. The quantitative estimate of drug-likeness (QED) is 0.485. The molecule has 0 aliphatic heterocycles. The topological polar surface area (TPSA) is 89.8 Å². The monoisotopic (exact) mass is 449 g/mol. The number of sulfonamides is 1. The lowest BCUT2D eigenvalue weighted by atomic mass is 10.1. The fraction of sp³-hybridized carbons (Fsp3) is 0.136. The first kappa shape index (κ1) is 19.9. The SMILES string of the molecule is O=S(=O)(N[C@@H]1Cc2ccccc2[C@H]1Sc1nnnn1-c1ccccc1)c1ccccc1. The first-order valence-electron chi connectivity index (χ1n) is 9.77. The van der Waals surface area contributed by atoms with Crippen LogP contribution in [0.1, 0.15) is 16.4 Å². The number of hydrogen-bond acceptors (Lipinski definition) is 6. The van der Waals surface area contributed by atoms with E-state index in [4.69, 9.17) is 0 Å². The predicted octanol–water partition coefficient (Wildman–Crippen LogP) is 3.40. The average molecular weight is 450 g/mol. The van der Waals surface area contributed by atoms with Gasteiger partial charge >= 0.3 is 0 Å². The summed E-state index contributed by atoms with van der Waals surface area (Å²) in [5.41, 5.74) is 3.07. The largest absolute Gasteiger partial charge is 0.240 e. The van der Waals surface area contributed by atoms with Gasteiger partial charge in [-0.05, 0) is 52.2 Å². The minimum absolute atomic E-state index is 0.164. The molecule has 1 N–H and O–H groups in total. The van der Waals surface area contributed by atoms with Crippen LogP contribution in [0.5, 0.6) is 0 Å². The molecule has 2 atom stereocenters. The molecule has 0 saturated carbocycles. The molecule has 9 heteroatoms. The molecule has 0 radical (unpaired) electrons. The third-order valence-corrected chi connectivity index (χ3v) is 8.01. The van der Waals surface area contributed by atoms with Gasteiger partial charge in [0.2, 0.25) is 15.2 Å². The Kier molecular flexibility index (Phi) is 5.31. The van der Waals surface area contributed by atoms with Crippen LogP contribution in [0.15, 0.2) is 95.0 Å². The lowest BCUT2D eigenvalue weighted by molar-refractivity contribution is 0.552. The molecule has 0 unspecified atom stereocenters. The maximum Gasteiger partial charge on any atom is 0.240 e. The highest BCUT2D eigenvalue weighted by Gasteiger charge is 2.37. The number of benzene rings is 3. The Morgan fingerprint density at radius 1 is 0.903 bits per heavy atom. The maximum absolute atomic E-state index is 13.0. The van der Waals surface area contributed by atoms with Gasteiger partial charge in [0.1, 0.15) is 0 Å². The van der Waals surface area contributed by atoms with Gasteiger partial charge in [0.05, 0.1) is 15.8 Å². The molecule has 31 heavy (non-hydrogen) atoms. The van der Waals surface area contributed by atoms with Crippen molar-refractivity contribution >= 4 is 21.8 Å². The van der Waals surface area contributed by atoms with Gasteiger partial charge < -0.3 is 0 Å². The van der Waals surface area contributed by atoms with Gasteiger partial charge in [-0.15, -0.1) is 5.10 Å². The Morgan fingerprint density at radius 3 is 2.35 bits per heavy atom. The van der Waals surface area contributed by atoms with Crippen LogP contribution in [0.25, 0.3) is 5.69 Å². The van der Waals surface area contributed by atoms with E-state index in [1.807, 2.05) is 54.6 Å². The summed E-state index contributed by atoms with van der Waals surface area (Å²) in [6.45, 7) is 0. The summed E-state index contributed by atoms with van der Waals surface area (Å²) >= 11 is 1.47. The van der Waals surface area contributed by atoms with Gasteiger partial charge in [-0.3, -0.25) is 0 Å². The number of para-hydroxylation sites is 1. The third kappa shape index (κ3) is 3.99. The van der Waals surface area contributed by atoms with Crippen molar-refractivity contribution < 1.29 is 8.42 Å². The van der Waals surface area contributed by atoms with E-state index in [-0.39, 0.29) is 16.2 Å². The minimum atomic E-state index is -3.66. The summed E-state index contributed by atoms with van der Waals surface area (Å²) in [6, 6.07) is 25.8. The van der Waals surface area contributed by atoms with Crippen molar-refractivity contribution in [3.8, 4) is 5.69 Å². The molecule has 5 rings (SSSR count). The van der Waals surface area contributed by atoms with Crippen molar-refractivity contribution in [3.05, 3.63) is 96.1 Å². The molecular formula is C22H19N5O2S2. The summed E-state index contributed by atoms with van der Waals surface area (Å²) in [4.78, 5) is 0.254. The highest BCUT2D eigenvalue weighted by Crippen LogP contribution is 2.44. The van der Waals surface area contributed by atoms with Crippen molar-refractivity contribution in [1.82, 2.24) is 24.9 Å². The molecule has 7 nitrogen and oxygen atoms in total. The van der Waals surface area contributed by atoms with E-state index in [9.17, 15) is 8.42 Å². The number of hydrogen-bond donors (Lipinski definition) is 1. The molecule has 0 spiro atoms. The molecule has 1 aliphatic carbocycles. The number of aromatic nitrogens is 4. The van der Waals surface area contributed by atoms with E-state index in [1.54, 1.807) is 35.0 Å².